The molecule has 0 unspecified atom stereocenters. The Balaban J connectivity index is 2.62. The lowest BCUT2D eigenvalue weighted by atomic mass is 10.1. The van der Waals surface area contributed by atoms with E-state index in [1.54, 1.807) is 0 Å². The van der Waals surface area contributed by atoms with Crippen molar-refractivity contribution in [3.05, 3.63) is 84.9 Å². The van der Waals surface area contributed by atoms with E-state index in [0.717, 1.165) is 22.3 Å². The molecule has 0 radical (unpaired) electrons. The number of rotatable bonds is 6. The van der Waals surface area contributed by atoms with Gasteiger partial charge in [0.2, 0.25) is 0 Å². The fraction of sp³-hybridized carbons (Fsp3) is 0.200. The van der Waals surface area contributed by atoms with Crippen LogP contribution in [0.25, 0.3) is 0 Å². The second-order valence-corrected chi connectivity index (χ2v) is 7.79. The molecule has 8 heteroatoms. The largest absolute Gasteiger partial charge is 0.733 e. The van der Waals surface area contributed by atoms with Gasteiger partial charge in [-0.15, -0.1) is 0 Å². The van der Waals surface area contributed by atoms with Crippen LogP contribution in [-0.4, -0.2) is 10.4 Å². The van der Waals surface area contributed by atoms with Gasteiger partial charge in [-0.1, -0.05) is 70.2 Å². The first kappa shape index (κ1) is 22.4. The van der Waals surface area contributed by atoms with Gasteiger partial charge in [0.15, 0.2) is 0 Å². The highest BCUT2D eigenvalue weighted by Crippen LogP contribution is 2.31. The van der Waals surface area contributed by atoms with Crippen LogP contribution in [0, 0.1) is 32.9 Å². The van der Waals surface area contributed by atoms with Crippen LogP contribution < -0.4 is 10.6 Å². The van der Waals surface area contributed by atoms with Gasteiger partial charge in [0, 0.05) is 11.4 Å². The second-order valence-electron chi connectivity index (χ2n) is 6.46. The molecule has 0 saturated heterocycles. The van der Waals surface area contributed by atoms with Crippen LogP contribution in [0.3, 0.4) is 0 Å². The van der Waals surface area contributed by atoms with E-state index < -0.39 is 0 Å². The molecular formula is C20H21Cl3N3O2-. The number of hydrogen-bond donors (Lipinski definition) is 3. The number of allylic oxidation sites excluding steroid dienone is 1. The third-order valence-corrected chi connectivity index (χ3v) is 5.02. The van der Waals surface area contributed by atoms with Gasteiger partial charge >= 0.3 is 0 Å². The topological polar surface area (TPSA) is 70.6 Å². The van der Waals surface area contributed by atoms with Crippen molar-refractivity contribution < 1.29 is 5.21 Å². The lowest BCUT2D eigenvalue weighted by molar-refractivity contribution is -0.000536. The number of anilines is 2. The Morgan fingerprint density at radius 2 is 1.29 bits per heavy atom. The minimum Gasteiger partial charge on any atom is -0.733 e. The van der Waals surface area contributed by atoms with Crippen LogP contribution in [0.4, 0.5) is 11.4 Å². The highest BCUT2D eigenvalue weighted by Gasteiger charge is 2.17. The maximum absolute atomic E-state index is 11.9. The molecule has 0 atom stereocenters. The van der Waals surface area contributed by atoms with E-state index >= 15 is 0 Å². The van der Waals surface area contributed by atoms with Crippen LogP contribution in [0.1, 0.15) is 22.3 Å². The van der Waals surface area contributed by atoms with Crippen molar-refractivity contribution in [3.8, 4) is 0 Å². The Bertz CT molecular complexity index is 881. The minimum absolute atomic E-state index is 0.125. The van der Waals surface area contributed by atoms with Crippen molar-refractivity contribution in [1.29, 1.82) is 0 Å². The standard InChI is InChI=1S/C20H21Cl3N3O2/c1-11-5-7-15(13(3)9-11)24-20(18(26(27)28)17(21)19(22)23)25-16-8-6-12(2)10-14(16)4/h5-10,24-25,27H,1-4H3/q-1. The van der Waals surface area contributed by atoms with Crippen molar-refractivity contribution in [2.24, 2.45) is 0 Å². The highest BCUT2D eigenvalue weighted by atomic mass is 35.5. The Morgan fingerprint density at radius 1 is 0.857 bits per heavy atom. The third-order valence-electron chi connectivity index (χ3n) is 4.09. The minimum atomic E-state index is -0.379. The average molecular weight is 442 g/mol. The average Bonchev–Trinajstić information content (AvgIpc) is 2.59. The fourth-order valence-corrected chi connectivity index (χ4v) is 3.05. The van der Waals surface area contributed by atoms with E-state index in [4.69, 9.17) is 34.8 Å². The van der Waals surface area contributed by atoms with Crippen molar-refractivity contribution in [2.75, 3.05) is 10.6 Å². The number of nitrogens with zero attached hydrogens (tertiary/aromatic N) is 1. The lowest BCUT2D eigenvalue weighted by Crippen LogP contribution is -2.22. The SMILES string of the molecule is Cc1ccc(NC(Nc2ccc(C)cc2C)=C(C(Cl)=C(Cl)Cl)N([O-])O)c(C)c1. The smallest absolute Gasteiger partial charge is 0.135 e. The van der Waals surface area contributed by atoms with Gasteiger partial charge in [-0.3, -0.25) is 5.21 Å². The highest BCUT2D eigenvalue weighted by molar-refractivity contribution is 6.59. The molecule has 2 rings (SSSR count). The quantitative estimate of drug-likeness (QED) is 0.344. The summed E-state index contributed by atoms with van der Waals surface area (Å²) < 4.78 is -0.353. The maximum Gasteiger partial charge on any atom is 0.135 e. The van der Waals surface area contributed by atoms with Crippen molar-refractivity contribution in [1.82, 2.24) is 5.23 Å². The number of halogens is 3. The van der Waals surface area contributed by atoms with E-state index in [0.29, 0.717) is 11.4 Å². The zero-order valence-electron chi connectivity index (χ0n) is 15.9. The van der Waals surface area contributed by atoms with Gasteiger partial charge in [0.25, 0.3) is 0 Å². The van der Waals surface area contributed by atoms with Crippen LogP contribution in [-0.2, 0) is 0 Å². The normalized spacial score (nSPS) is 10.3. The molecule has 0 saturated carbocycles. The lowest BCUT2D eigenvalue weighted by Gasteiger charge is -2.29. The molecule has 0 spiro atoms. The molecule has 150 valence electrons. The monoisotopic (exact) mass is 440 g/mol. The van der Waals surface area contributed by atoms with Crippen molar-refractivity contribution >= 4 is 46.2 Å². The third kappa shape index (κ3) is 5.56. The number of aryl methyl sites for hydroxylation is 4. The van der Waals surface area contributed by atoms with E-state index in [1.165, 1.54) is 0 Å². The summed E-state index contributed by atoms with van der Waals surface area (Å²) in [7, 11) is 0. The van der Waals surface area contributed by atoms with Gasteiger partial charge in [-0.05, 0) is 51.0 Å². The molecule has 3 N–H and O–H groups in total. The van der Waals surface area contributed by atoms with Gasteiger partial charge < -0.3 is 21.1 Å². The molecule has 2 aromatic rings. The molecule has 0 aliphatic rings. The number of benzene rings is 2. The molecule has 0 amide bonds. The van der Waals surface area contributed by atoms with E-state index in [1.807, 2.05) is 64.1 Å². The Hall–Kier alpha value is -1.89. The zero-order chi connectivity index (χ0) is 21.0. The van der Waals surface area contributed by atoms with E-state index in [2.05, 4.69) is 10.6 Å². The number of hydrogen-bond acceptors (Lipinski definition) is 5. The van der Waals surface area contributed by atoms with Gasteiger partial charge in [-0.25, -0.2) is 0 Å². The second kappa shape index (κ2) is 9.54. The molecule has 0 heterocycles. The summed E-state index contributed by atoms with van der Waals surface area (Å²) in [6.45, 7) is 7.80. The van der Waals surface area contributed by atoms with Crippen LogP contribution in [0.15, 0.2) is 57.4 Å². The molecule has 0 aliphatic heterocycles. The molecule has 0 aliphatic carbocycles. The molecule has 2 aromatic carbocycles. The predicted molar refractivity (Wildman–Crippen MR) is 118 cm³/mol. The maximum atomic E-state index is 11.9. The summed E-state index contributed by atoms with van der Waals surface area (Å²) in [4.78, 5) is 0. The van der Waals surface area contributed by atoms with E-state index in [-0.39, 0.29) is 26.3 Å². The Kier molecular flexibility index (Phi) is 7.63. The van der Waals surface area contributed by atoms with Gasteiger partial charge in [0.05, 0.1) is 5.03 Å². The summed E-state index contributed by atoms with van der Waals surface area (Å²) in [5, 5.41) is 27.1. The first-order valence-corrected chi connectivity index (χ1v) is 9.53. The first-order chi connectivity index (χ1) is 13.1. The molecule has 0 aromatic heterocycles. The molecule has 0 fully saturated rings. The molecular weight excluding hydrogens is 421 g/mol. The van der Waals surface area contributed by atoms with Crippen LogP contribution in [0.5, 0.6) is 0 Å². The summed E-state index contributed by atoms with van der Waals surface area (Å²) >= 11 is 17.6. The summed E-state index contributed by atoms with van der Waals surface area (Å²) in [6.07, 6.45) is 0. The van der Waals surface area contributed by atoms with Crippen LogP contribution >= 0.6 is 34.8 Å². The predicted octanol–water partition coefficient (Wildman–Crippen LogP) is 6.69. The van der Waals surface area contributed by atoms with Gasteiger partial charge in [-0.2, -0.15) is 0 Å². The number of hydroxylamine groups is 2. The Labute approximate surface area is 179 Å². The summed E-state index contributed by atoms with van der Waals surface area (Å²) in [5.41, 5.74) is 5.14. The molecule has 5 nitrogen and oxygen atoms in total. The zero-order valence-corrected chi connectivity index (χ0v) is 18.2. The molecule has 0 bridgehead atoms. The van der Waals surface area contributed by atoms with Crippen molar-refractivity contribution in [3.63, 3.8) is 0 Å². The Morgan fingerprint density at radius 3 is 1.61 bits per heavy atom. The van der Waals surface area contributed by atoms with Crippen molar-refractivity contribution in [2.45, 2.75) is 27.7 Å². The first-order valence-electron chi connectivity index (χ1n) is 8.40. The fourth-order valence-electron chi connectivity index (χ4n) is 2.71. The van der Waals surface area contributed by atoms with Gasteiger partial charge in [0.1, 0.15) is 16.0 Å². The van der Waals surface area contributed by atoms with Crippen LogP contribution in [0.2, 0.25) is 0 Å². The summed E-state index contributed by atoms with van der Waals surface area (Å²) in [5.74, 6) is 0.125. The summed E-state index contributed by atoms with van der Waals surface area (Å²) in [6, 6.07) is 11.5. The van der Waals surface area contributed by atoms with E-state index in [9.17, 15) is 10.4 Å². The molecule has 28 heavy (non-hydrogen) atoms. The number of nitrogens with one attached hydrogen (secondary N) is 2.